The molecule has 5 rings (SSSR count). The number of thiazole rings is 1. The Labute approximate surface area is 186 Å². The highest BCUT2D eigenvalue weighted by molar-refractivity contribution is 7.89. The number of nitrogens with zero attached hydrogens (tertiary/aromatic N) is 3. The molecule has 8 heteroatoms. The molecule has 3 aromatic rings. The van der Waals surface area contributed by atoms with Crippen molar-refractivity contribution in [1.82, 2.24) is 14.2 Å². The molecule has 1 saturated heterocycles. The lowest BCUT2D eigenvalue weighted by Crippen LogP contribution is -2.38. The quantitative estimate of drug-likeness (QED) is 0.581. The maximum absolute atomic E-state index is 12.9. The van der Waals surface area contributed by atoms with Gasteiger partial charge in [-0.3, -0.25) is 4.79 Å². The predicted molar refractivity (Wildman–Crippen MR) is 122 cm³/mol. The van der Waals surface area contributed by atoms with E-state index >= 15 is 0 Å². The smallest absolute Gasteiger partial charge is 0.253 e. The SMILES string of the molecule is CN(C1CC1)S(=O)(=O)c1ccc(C(=O)N2CCC(c3nc4ccccc4s3)CC2)cc1. The first-order valence-corrected chi connectivity index (χ1v) is 12.9. The van der Waals surface area contributed by atoms with E-state index in [0.717, 1.165) is 36.2 Å². The summed E-state index contributed by atoms with van der Waals surface area (Å²) < 4.78 is 28.0. The van der Waals surface area contributed by atoms with Crippen LogP contribution in [0.15, 0.2) is 53.4 Å². The summed E-state index contributed by atoms with van der Waals surface area (Å²) in [4.78, 5) is 19.8. The molecule has 1 saturated carbocycles. The van der Waals surface area contributed by atoms with Crippen LogP contribution < -0.4 is 0 Å². The van der Waals surface area contributed by atoms with Gasteiger partial charge in [0.2, 0.25) is 10.0 Å². The first kappa shape index (κ1) is 20.6. The van der Waals surface area contributed by atoms with E-state index in [1.807, 2.05) is 23.1 Å². The highest BCUT2D eigenvalue weighted by Crippen LogP contribution is 2.34. The first-order chi connectivity index (χ1) is 14.9. The highest BCUT2D eigenvalue weighted by atomic mass is 32.2. The molecule has 2 aliphatic rings. The Bertz CT molecular complexity index is 1180. The van der Waals surface area contributed by atoms with Crippen molar-refractivity contribution in [3.05, 3.63) is 59.1 Å². The zero-order valence-electron chi connectivity index (χ0n) is 17.4. The third-order valence-corrected chi connectivity index (χ3v) is 9.40. The standard InChI is InChI=1S/C23H25N3O3S2/c1-25(18-8-9-18)31(28,29)19-10-6-17(7-11-19)23(27)26-14-12-16(13-15-26)22-24-20-4-2-3-5-21(20)30-22/h2-7,10-11,16,18H,8-9,12-15H2,1H3. The van der Waals surface area contributed by atoms with E-state index in [-0.39, 0.29) is 16.8 Å². The third-order valence-electron chi connectivity index (χ3n) is 6.28. The summed E-state index contributed by atoms with van der Waals surface area (Å²) in [5.41, 5.74) is 1.58. The van der Waals surface area contributed by atoms with Crippen LogP contribution in [0.1, 0.15) is 47.0 Å². The zero-order chi connectivity index (χ0) is 21.6. The number of piperidine rings is 1. The molecule has 2 aromatic carbocycles. The van der Waals surface area contributed by atoms with Crippen LogP contribution in [-0.2, 0) is 10.0 Å². The molecule has 0 atom stereocenters. The summed E-state index contributed by atoms with van der Waals surface area (Å²) >= 11 is 1.75. The Balaban J connectivity index is 1.24. The number of hydrogen-bond donors (Lipinski definition) is 0. The molecule has 162 valence electrons. The number of amides is 1. The average molecular weight is 456 g/mol. The Morgan fingerprint density at radius 2 is 1.71 bits per heavy atom. The van der Waals surface area contributed by atoms with Crippen molar-refractivity contribution in [2.45, 2.75) is 42.5 Å². The van der Waals surface area contributed by atoms with Gasteiger partial charge in [0.25, 0.3) is 5.91 Å². The molecule has 1 amide bonds. The molecule has 0 radical (unpaired) electrons. The Morgan fingerprint density at radius 1 is 1.03 bits per heavy atom. The Hall–Kier alpha value is -2.29. The minimum atomic E-state index is -3.49. The number of likely N-dealkylation sites (tertiary alicyclic amines) is 1. The number of fused-ring (bicyclic) bond motifs is 1. The summed E-state index contributed by atoms with van der Waals surface area (Å²) in [6.45, 7) is 1.37. The van der Waals surface area contributed by atoms with Crippen molar-refractivity contribution in [2.75, 3.05) is 20.1 Å². The number of carbonyl (C=O) groups is 1. The highest BCUT2D eigenvalue weighted by Gasteiger charge is 2.35. The fourth-order valence-corrected chi connectivity index (χ4v) is 6.70. The van der Waals surface area contributed by atoms with E-state index in [1.54, 1.807) is 42.6 Å². The largest absolute Gasteiger partial charge is 0.339 e. The number of hydrogen-bond acceptors (Lipinski definition) is 5. The van der Waals surface area contributed by atoms with Gasteiger partial charge in [0.15, 0.2) is 0 Å². The minimum Gasteiger partial charge on any atom is -0.339 e. The van der Waals surface area contributed by atoms with E-state index in [0.29, 0.717) is 24.6 Å². The average Bonchev–Trinajstić information content (AvgIpc) is 3.56. The van der Waals surface area contributed by atoms with Crippen molar-refractivity contribution in [3.8, 4) is 0 Å². The second-order valence-corrected chi connectivity index (χ2v) is 11.4. The number of sulfonamides is 1. The van der Waals surface area contributed by atoms with Gasteiger partial charge in [0, 0.05) is 37.7 Å². The summed E-state index contributed by atoms with van der Waals surface area (Å²) in [6, 6.07) is 14.7. The number of para-hydroxylation sites is 1. The van der Waals surface area contributed by atoms with Gasteiger partial charge in [0.05, 0.1) is 20.1 Å². The van der Waals surface area contributed by atoms with Gasteiger partial charge in [-0.1, -0.05) is 12.1 Å². The summed E-state index contributed by atoms with van der Waals surface area (Å²) in [7, 11) is -1.86. The third kappa shape index (κ3) is 4.00. The van der Waals surface area contributed by atoms with Gasteiger partial charge >= 0.3 is 0 Å². The van der Waals surface area contributed by atoms with Crippen LogP contribution in [0.25, 0.3) is 10.2 Å². The van der Waals surface area contributed by atoms with Gasteiger partial charge in [-0.15, -0.1) is 11.3 Å². The van der Waals surface area contributed by atoms with E-state index < -0.39 is 10.0 Å². The minimum absolute atomic E-state index is 0.0396. The predicted octanol–water partition coefficient (Wildman–Crippen LogP) is 4.10. The lowest BCUT2D eigenvalue weighted by atomic mass is 9.97. The van der Waals surface area contributed by atoms with Crippen LogP contribution in [0.4, 0.5) is 0 Å². The van der Waals surface area contributed by atoms with Gasteiger partial charge in [-0.05, 0) is 62.1 Å². The maximum Gasteiger partial charge on any atom is 0.253 e. The van der Waals surface area contributed by atoms with Gasteiger partial charge in [-0.25, -0.2) is 13.4 Å². The maximum atomic E-state index is 12.9. The molecular formula is C23H25N3O3S2. The van der Waals surface area contributed by atoms with E-state index in [9.17, 15) is 13.2 Å². The lowest BCUT2D eigenvalue weighted by molar-refractivity contribution is 0.0713. The van der Waals surface area contributed by atoms with Crippen molar-refractivity contribution < 1.29 is 13.2 Å². The Kier molecular flexibility index (Phi) is 5.32. The molecular weight excluding hydrogens is 430 g/mol. The molecule has 6 nitrogen and oxygen atoms in total. The van der Waals surface area contributed by atoms with Crippen LogP contribution in [0.5, 0.6) is 0 Å². The summed E-state index contributed by atoms with van der Waals surface area (Å²) in [5, 5.41) is 1.16. The fraction of sp³-hybridized carbons (Fsp3) is 0.391. The van der Waals surface area contributed by atoms with Crippen molar-refractivity contribution in [3.63, 3.8) is 0 Å². The molecule has 1 aromatic heterocycles. The summed E-state index contributed by atoms with van der Waals surface area (Å²) in [5.74, 6) is 0.342. The molecule has 0 bridgehead atoms. The van der Waals surface area contributed by atoms with Crippen molar-refractivity contribution in [2.24, 2.45) is 0 Å². The number of rotatable bonds is 5. The van der Waals surface area contributed by atoms with Gasteiger partial charge in [0.1, 0.15) is 0 Å². The molecule has 1 aliphatic carbocycles. The van der Waals surface area contributed by atoms with Crippen LogP contribution in [0.3, 0.4) is 0 Å². The number of carbonyl (C=O) groups excluding carboxylic acids is 1. The molecule has 0 unspecified atom stereocenters. The molecule has 2 fully saturated rings. The normalized spacial score (nSPS) is 18.1. The second-order valence-electron chi connectivity index (χ2n) is 8.36. The van der Waals surface area contributed by atoms with Crippen LogP contribution in [0.2, 0.25) is 0 Å². The molecule has 0 N–H and O–H groups in total. The topological polar surface area (TPSA) is 70.6 Å². The van der Waals surface area contributed by atoms with E-state index in [4.69, 9.17) is 4.98 Å². The molecule has 2 heterocycles. The van der Waals surface area contributed by atoms with E-state index in [2.05, 4.69) is 6.07 Å². The molecule has 31 heavy (non-hydrogen) atoms. The Morgan fingerprint density at radius 3 is 2.35 bits per heavy atom. The monoisotopic (exact) mass is 455 g/mol. The lowest BCUT2D eigenvalue weighted by Gasteiger charge is -2.31. The molecule has 0 spiro atoms. The van der Waals surface area contributed by atoms with E-state index in [1.165, 1.54) is 9.01 Å². The fourth-order valence-electron chi connectivity index (χ4n) is 4.15. The van der Waals surface area contributed by atoms with Gasteiger partial charge in [-0.2, -0.15) is 4.31 Å². The van der Waals surface area contributed by atoms with Crippen molar-refractivity contribution >= 4 is 37.5 Å². The summed E-state index contributed by atoms with van der Waals surface area (Å²) in [6.07, 6.45) is 3.62. The molecule has 1 aliphatic heterocycles. The first-order valence-electron chi connectivity index (χ1n) is 10.7. The number of aromatic nitrogens is 1. The second kappa shape index (κ2) is 8.00. The zero-order valence-corrected chi connectivity index (χ0v) is 19.0. The van der Waals surface area contributed by atoms with Crippen molar-refractivity contribution in [1.29, 1.82) is 0 Å². The van der Waals surface area contributed by atoms with Crippen LogP contribution in [-0.4, -0.2) is 54.7 Å². The number of benzene rings is 2. The van der Waals surface area contributed by atoms with Crippen LogP contribution in [0, 0.1) is 0 Å². The van der Waals surface area contributed by atoms with Gasteiger partial charge < -0.3 is 4.90 Å². The van der Waals surface area contributed by atoms with Crippen LogP contribution >= 0.6 is 11.3 Å².